The van der Waals surface area contributed by atoms with Gasteiger partial charge in [0.1, 0.15) is 0 Å². The van der Waals surface area contributed by atoms with Crippen LogP contribution in [-0.2, 0) is 19.5 Å². The first kappa shape index (κ1) is 32.3. The third kappa shape index (κ3) is 14.3. The van der Waals surface area contributed by atoms with E-state index in [1.807, 2.05) is 56.3 Å². The molecule has 0 spiro atoms. The van der Waals surface area contributed by atoms with Gasteiger partial charge in [-0.25, -0.2) is 0 Å². The fourth-order valence-electron chi connectivity index (χ4n) is 3.07. The van der Waals surface area contributed by atoms with Gasteiger partial charge in [-0.3, -0.25) is 4.99 Å². The molecule has 0 N–H and O–H groups in total. The van der Waals surface area contributed by atoms with Gasteiger partial charge in [0.25, 0.3) is 0 Å². The quantitative estimate of drug-likeness (QED) is 0.169. The van der Waals surface area contributed by atoms with Gasteiger partial charge in [-0.15, -0.1) is 5.69 Å². The topological polar surface area (TPSA) is 26.5 Å². The summed E-state index contributed by atoms with van der Waals surface area (Å²) < 4.78 is 39.0. The molecule has 188 valence electrons. The average Bonchev–Trinajstić information content (AvgIpc) is 2.74. The smallest absolute Gasteiger partial charge is 0.661 e. The predicted molar refractivity (Wildman–Crippen MR) is 138 cm³/mol. The minimum atomic E-state index is -6.00. The van der Waals surface area contributed by atoms with Crippen LogP contribution in [-0.4, -0.2) is 13.0 Å². The molecule has 0 aliphatic heterocycles. The zero-order valence-electron chi connectivity index (χ0n) is 20.8. The van der Waals surface area contributed by atoms with Crippen molar-refractivity contribution >= 4 is 24.3 Å². The predicted octanol–water partition coefficient (Wildman–Crippen LogP) is 9.61. The van der Waals surface area contributed by atoms with Gasteiger partial charge in [0.15, 0.2) is 0 Å². The third-order valence-corrected chi connectivity index (χ3v) is 4.54. The van der Waals surface area contributed by atoms with Crippen LogP contribution in [0.2, 0.25) is 0 Å². The number of para-hydroxylation sites is 2. The number of allylic oxidation sites excluding steroid dienone is 2. The second kappa shape index (κ2) is 16.0. The fraction of sp³-hybridized carbons (Fsp3) is 0.222. The van der Waals surface area contributed by atoms with Crippen LogP contribution < -0.4 is 0 Å². The summed E-state index contributed by atoms with van der Waals surface area (Å²) in [4.78, 5) is 4.76. The Labute approximate surface area is 219 Å². The van der Waals surface area contributed by atoms with Crippen molar-refractivity contribution in [1.82, 2.24) is 0 Å². The van der Waals surface area contributed by atoms with Gasteiger partial charge in [0, 0.05) is 5.71 Å². The number of aliphatic imine (C=N–C) groups is 1. The second-order valence-electron chi connectivity index (χ2n) is 7.78. The number of nitrogens with zero attached hydrogens (tertiary/aromatic N) is 2. The van der Waals surface area contributed by atoms with E-state index in [1.54, 1.807) is 0 Å². The zero-order chi connectivity index (χ0) is 25.7. The normalized spacial score (nSPS) is 11.3. The van der Waals surface area contributed by atoms with Crippen molar-refractivity contribution in [1.29, 1.82) is 0 Å². The molecule has 3 rings (SSSR count). The van der Waals surface area contributed by atoms with Gasteiger partial charge >= 0.3 is 26.7 Å². The van der Waals surface area contributed by atoms with Gasteiger partial charge in [-0.05, 0) is 45.7 Å². The summed E-state index contributed by atoms with van der Waals surface area (Å²) >= 11 is 0. The summed E-state index contributed by atoms with van der Waals surface area (Å²) in [7, 11) is -6.00. The van der Waals surface area contributed by atoms with Crippen molar-refractivity contribution in [2.45, 2.75) is 41.5 Å². The molecule has 0 aromatic heterocycles. The maximum atomic E-state index is 9.75. The molecule has 0 amide bonds. The minimum absolute atomic E-state index is 0. The molecule has 35 heavy (non-hydrogen) atoms. The number of aryl methyl sites for hydroxylation is 4. The first-order chi connectivity index (χ1) is 15.9. The molecule has 0 saturated heterocycles. The maximum absolute atomic E-state index is 9.75. The Balaban J connectivity index is 0.000000796. The molecule has 2 nitrogen and oxygen atoms in total. The van der Waals surface area contributed by atoms with Gasteiger partial charge in [0.05, 0.1) is 5.69 Å². The first-order valence-corrected chi connectivity index (χ1v) is 10.8. The number of benzene rings is 3. The van der Waals surface area contributed by atoms with E-state index < -0.39 is 7.25 Å². The van der Waals surface area contributed by atoms with Crippen LogP contribution >= 0.6 is 0 Å². The monoisotopic (exact) mass is 572 g/mol. The Morgan fingerprint density at radius 3 is 1.40 bits per heavy atom. The molecule has 0 saturated carbocycles. The van der Waals surface area contributed by atoms with Crippen molar-refractivity contribution in [3.05, 3.63) is 112 Å². The Bertz CT molecular complexity index is 1020. The summed E-state index contributed by atoms with van der Waals surface area (Å²) in [5.74, 6) is 0. The molecule has 0 atom stereocenters. The van der Waals surface area contributed by atoms with E-state index in [4.69, 9.17) is 10.3 Å². The van der Waals surface area contributed by atoms with Crippen LogP contribution in [0.4, 0.5) is 28.6 Å². The van der Waals surface area contributed by atoms with Crippen LogP contribution in [0.15, 0.2) is 89.6 Å². The van der Waals surface area contributed by atoms with Crippen LogP contribution in [0.25, 0.3) is 5.32 Å². The number of halogens is 4. The van der Waals surface area contributed by atoms with Gasteiger partial charge in [0.2, 0.25) is 0 Å². The summed E-state index contributed by atoms with van der Waals surface area (Å²) in [6.45, 7) is 12.4. The number of hydrogen-bond donors (Lipinski definition) is 0. The fourth-order valence-corrected chi connectivity index (χ4v) is 3.07. The van der Waals surface area contributed by atoms with E-state index in [9.17, 15) is 17.3 Å². The molecular formula is C27H31BF4N2Ru. The summed E-state index contributed by atoms with van der Waals surface area (Å²) in [6, 6.07) is 24.5. The summed E-state index contributed by atoms with van der Waals surface area (Å²) in [5.41, 5.74) is 8.83. The van der Waals surface area contributed by atoms with Crippen LogP contribution in [0.3, 0.4) is 0 Å². The van der Waals surface area contributed by atoms with Crippen molar-refractivity contribution in [3.63, 3.8) is 0 Å². The van der Waals surface area contributed by atoms with Crippen molar-refractivity contribution in [2.24, 2.45) is 4.99 Å². The van der Waals surface area contributed by atoms with Crippen molar-refractivity contribution in [2.75, 3.05) is 0 Å². The van der Waals surface area contributed by atoms with Crippen LogP contribution in [0.1, 0.15) is 36.1 Å². The molecule has 0 radical (unpaired) electrons. The molecule has 3 aromatic rings. The van der Waals surface area contributed by atoms with E-state index >= 15 is 0 Å². The molecule has 0 bridgehead atoms. The minimum Gasteiger partial charge on any atom is -0.661 e. The maximum Gasteiger partial charge on any atom is 2.00 e. The van der Waals surface area contributed by atoms with Crippen molar-refractivity contribution in [3.8, 4) is 0 Å². The first-order valence-electron chi connectivity index (χ1n) is 10.8. The van der Waals surface area contributed by atoms with Gasteiger partial charge < -0.3 is 22.6 Å². The summed E-state index contributed by atoms with van der Waals surface area (Å²) in [5, 5.41) is 4.76. The second-order valence-corrected chi connectivity index (χ2v) is 7.78. The van der Waals surface area contributed by atoms with Crippen LogP contribution in [0, 0.1) is 27.7 Å². The molecule has 0 heterocycles. The standard InChI is InChI=1S/C21H25N2.C6H6.BF4.Ru/c1-14-9-7-10-15(2)20(14)22-18(5)13-19(6)23-21-16(3)11-8-12-17(21)4;1-2-4-6-5-3-1;2-1(3,4)5;/h7-13H,1-6H3;1-6H;;/q-1;;-1;+2/b18-13-,23-19?;;;. The number of rotatable bonds is 4. The molecule has 0 unspecified atom stereocenters. The van der Waals surface area contributed by atoms with E-state index in [-0.39, 0.29) is 19.5 Å². The Morgan fingerprint density at radius 1 is 0.686 bits per heavy atom. The van der Waals surface area contributed by atoms with E-state index in [1.165, 1.54) is 22.3 Å². The Kier molecular flexibility index (Phi) is 14.8. The Morgan fingerprint density at radius 2 is 1.03 bits per heavy atom. The molecule has 0 aliphatic rings. The van der Waals surface area contributed by atoms with Gasteiger partial charge in [-0.1, -0.05) is 96.9 Å². The third-order valence-electron chi connectivity index (χ3n) is 4.54. The zero-order valence-corrected chi connectivity index (χ0v) is 22.6. The average molecular weight is 571 g/mol. The molecule has 8 heteroatoms. The van der Waals surface area contributed by atoms with Crippen LogP contribution in [0.5, 0.6) is 0 Å². The van der Waals surface area contributed by atoms with E-state index in [0.29, 0.717) is 0 Å². The summed E-state index contributed by atoms with van der Waals surface area (Å²) in [6.07, 6.45) is 2.04. The van der Waals surface area contributed by atoms with E-state index in [2.05, 4.69) is 64.1 Å². The Hall–Kier alpha value is -2.72. The molecule has 0 aliphatic carbocycles. The molecule has 3 aromatic carbocycles. The van der Waals surface area contributed by atoms with E-state index in [0.717, 1.165) is 22.8 Å². The number of hydrogen-bond acceptors (Lipinski definition) is 1. The largest absolute Gasteiger partial charge is 2.00 e. The molecular weight excluding hydrogens is 540 g/mol. The SMILES string of the molecule is CC(/C=C(/C)[N-]c1c(C)cccc1C)=Nc1c(C)cccc1C.F[B-](F)(F)F.[Ru+2].c1ccccc1. The van der Waals surface area contributed by atoms with Crippen molar-refractivity contribution < 1.29 is 36.7 Å². The molecule has 0 fully saturated rings. The van der Waals surface area contributed by atoms with Gasteiger partial charge in [-0.2, -0.15) is 5.70 Å².